The molecule has 1 aromatic rings. The Morgan fingerprint density at radius 2 is 2.09 bits per heavy atom. The highest BCUT2D eigenvalue weighted by atomic mass is 19.2. The summed E-state index contributed by atoms with van der Waals surface area (Å²) in [6, 6.07) is 1.51. The Hall–Kier alpha value is -1.82. The average Bonchev–Trinajstić information content (AvgIpc) is 3.03. The second-order valence-corrected chi connectivity index (χ2v) is 5.34. The van der Waals surface area contributed by atoms with Crippen molar-refractivity contribution in [1.29, 1.82) is 0 Å². The minimum absolute atomic E-state index is 0.0417. The fourth-order valence-corrected chi connectivity index (χ4v) is 2.62. The number of hydrogen-bond acceptors (Lipinski definition) is 2. The van der Waals surface area contributed by atoms with Gasteiger partial charge >= 0.3 is 0 Å². The summed E-state index contributed by atoms with van der Waals surface area (Å²) in [4.78, 5) is 13.5. The van der Waals surface area contributed by atoms with Gasteiger partial charge in [-0.2, -0.15) is 0 Å². The summed E-state index contributed by atoms with van der Waals surface area (Å²) in [6.07, 6.45) is 2.74. The maximum Gasteiger partial charge on any atom is 0.246 e. The SMILES string of the molecule is C=CC(=O)N(Cc1cc(F)c(F)c(F)c1)C(C)C1CCCO1. The van der Waals surface area contributed by atoms with E-state index in [1.54, 1.807) is 0 Å². The van der Waals surface area contributed by atoms with Crippen molar-refractivity contribution in [3.8, 4) is 0 Å². The molecule has 1 amide bonds. The number of ether oxygens (including phenoxy) is 1. The molecule has 0 radical (unpaired) electrons. The van der Waals surface area contributed by atoms with Crippen LogP contribution in [0.25, 0.3) is 0 Å². The molecule has 0 spiro atoms. The third kappa shape index (κ3) is 3.50. The van der Waals surface area contributed by atoms with E-state index >= 15 is 0 Å². The monoisotopic (exact) mass is 313 g/mol. The predicted octanol–water partition coefficient (Wildman–Crippen LogP) is 3.19. The van der Waals surface area contributed by atoms with Crippen LogP contribution in [0.2, 0.25) is 0 Å². The minimum atomic E-state index is -1.52. The van der Waals surface area contributed by atoms with Crippen molar-refractivity contribution >= 4 is 5.91 Å². The third-order valence-electron chi connectivity index (χ3n) is 3.85. The van der Waals surface area contributed by atoms with Crippen LogP contribution >= 0.6 is 0 Å². The first-order valence-corrected chi connectivity index (χ1v) is 7.12. The lowest BCUT2D eigenvalue weighted by molar-refractivity contribution is -0.131. The van der Waals surface area contributed by atoms with Gasteiger partial charge in [-0.15, -0.1) is 0 Å². The third-order valence-corrected chi connectivity index (χ3v) is 3.85. The molecule has 0 N–H and O–H groups in total. The Morgan fingerprint density at radius 1 is 1.45 bits per heavy atom. The van der Waals surface area contributed by atoms with Gasteiger partial charge in [0.2, 0.25) is 5.91 Å². The maximum absolute atomic E-state index is 13.3. The Morgan fingerprint density at radius 3 is 2.59 bits per heavy atom. The minimum Gasteiger partial charge on any atom is -0.376 e. The molecule has 2 atom stereocenters. The van der Waals surface area contributed by atoms with E-state index in [0.717, 1.165) is 31.1 Å². The molecule has 0 aromatic heterocycles. The van der Waals surface area contributed by atoms with Gasteiger partial charge in [0.25, 0.3) is 0 Å². The second kappa shape index (κ2) is 6.96. The summed E-state index contributed by atoms with van der Waals surface area (Å²) in [5.41, 5.74) is 0.177. The van der Waals surface area contributed by atoms with Crippen LogP contribution in [-0.2, 0) is 16.1 Å². The van der Waals surface area contributed by atoms with Gasteiger partial charge in [0.05, 0.1) is 12.1 Å². The smallest absolute Gasteiger partial charge is 0.246 e. The number of nitrogens with zero attached hydrogens (tertiary/aromatic N) is 1. The molecule has 1 aliphatic heterocycles. The lowest BCUT2D eigenvalue weighted by Gasteiger charge is -2.32. The molecule has 0 aliphatic carbocycles. The van der Waals surface area contributed by atoms with Crippen molar-refractivity contribution in [1.82, 2.24) is 4.90 Å². The molecule has 2 unspecified atom stereocenters. The molecule has 1 fully saturated rings. The molecule has 0 bridgehead atoms. The van der Waals surface area contributed by atoms with Crippen LogP contribution in [0.5, 0.6) is 0 Å². The number of hydrogen-bond donors (Lipinski definition) is 0. The van der Waals surface area contributed by atoms with E-state index in [2.05, 4.69) is 6.58 Å². The van der Waals surface area contributed by atoms with Crippen LogP contribution in [0.15, 0.2) is 24.8 Å². The van der Waals surface area contributed by atoms with Crippen LogP contribution in [0.3, 0.4) is 0 Å². The van der Waals surface area contributed by atoms with Gasteiger partial charge in [-0.3, -0.25) is 4.79 Å². The highest BCUT2D eigenvalue weighted by Crippen LogP contribution is 2.22. The van der Waals surface area contributed by atoms with Crippen LogP contribution in [0, 0.1) is 17.5 Å². The van der Waals surface area contributed by atoms with E-state index in [9.17, 15) is 18.0 Å². The van der Waals surface area contributed by atoms with E-state index in [-0.39, 0.29) is 30.2 Å². The number of carbonyl (C=O) groups excluding carboxylic acids is 1. The van der Waals surface area contributed by atoms with Crippen molar-refractivity contribution in [3.05, 3.63) is 47.8 Å². The summed E-state index contributed by atoms with van der Waals surface area (Å²) < 4.78 is 45.2. The molecule has 1 heterocycles. The predicted molar refractivity (Wildman–Crippen MR) is 75.5 cm³/mol. The van der Waals surface area contributed by atoms with Crippen LogP contribution in [0.4, 0.5) is 13.2 Å². The molecule has 3 nitrogen and oxygen atoms in total. The zero-order chi connectivity index (χ0) is 16.3. The van der Waals surface area contributed by atoms with Crippen molar-refractivity contribution in [2.24, 2.45) is 0 Å². The molecule has 6 heteroatoms. The normalized spacial score (nSPS) is 19.0. The summed E-state index contributed by atoms with van der Waals surface area (Å²) in [7, 11) is 0. The lowest BCUT2D eigenvalue weighted by Crippen LogP contribution is -2.44. The number of rotatable bonds is 5. The van der Waals surface area contributed by atoms with Gasteiger partial charge in [-0.05, 0) is 43.5 Å². The second-order valence-electron chi connectivity index (χ2n) is 5.34. The Bertz CT molecular complexity index is 548. The van der Waals surface area contributed by atoms with Gasteiger partial charge in [-0.1, -0.05) is 6.58 Å². The highest BCUT2D eigenvalue weighted by molar-refractivity contribution is 5.87. The first-order chi connectivity index (χ1) is 10.4. The lowest BCUT2D eigenvalue weighted by atomic mass is 10.1. The summed E-state index contributed by atoms with van der Waals surface area (Å²) in [6.45, 7) is 5.84. The molecule has 0 saturated carbocycles. The van der Waals surface area contributed by atoms with Crippen LogP contribution in [-0.4, -0.2) is 29.6 Å². The van der Waals surface area contributed by atoms with E-state index in [4.69, 9.17) is 4.74 Å². The van der Waals surface area contributed by atoms with Crippen LogP contribution < -0.4 is 0 Å². The molecule has 1 aromatic carbocycles. The van der Waals surface area contributed by atoms with Crippen LogP contribution in [0.1, 0.15) is 25.3 Å². The summed E-state index contributed by atoms with van der Waals surface area (Å²) in [5.74, 6) is -4.43. The number of carbonyl (C=O) groups is 1. The quantitative estimate of drug-likeness (QED) is 0.617. The molecule has 1 aliphatic rings. The van der Waals surface area contributed by atoms with E-state index in [1.807, 2.05) is 6.92 Å². The average molecular weight is 313 g/mol. The number of benzene rings is 1. The van der Waals surface area contributed by atoms with Crippen molar-refractivity contribution < 1.29 is 22.7 Å². The zero-order valence-electron chi connectivity index (χ0n) is 12.3. The highest BCUT2D eigenvalue weighted by Gasteiger charge is 2.29. The Balaban J connectivity index is 2.23. The maximum atomic E-state index is 13.3. The van der Waals surface area contributed by atoms with Gasteiger partial charge in [0.1, 0.15) is 0 Å². The van der Waals surface area contributed by atoms with Crippen molar-refractivity contribution in [3.63, 3.8) is 0 Å². The molecule has 22 heavy (non-hydrogen) atoms. The Kier molecular flexibility index (Phi) is 5.24. The molecule has 120 valence electrons. The van der Waals surface area contributed by atoms with Gasteiger partial charge in [0.15, 0.2) is 17.5 Å². The molecule has 1 saturated heterocycles. The largest absolute Gasteiger partial charge is 0.376 e. The zero-order valence-corrected chi connectivity index (χ0v) is 12.3. The van der Waals surface area contributed by atoms with Gasteiger partial charge in [-0.25, -0.2) is 13.2 Å². The van der Waals surface area contributed by atoms with E-state index in [0.29, 0.717) is 6.61 Å². The first-order valence-electron chi connectivity index (χ1n) is 7.12. The van der Waals surface area contributed by atoms with Gasteiger partial charge < -0.3 is 9.64 Å². The standard InChI is InChI=1S/C16H18F3NO2/c1-3-15(21)20(10(2)14-5-4-6-22-14)9-11-7-12(17)16(19)13(18)8-11/h3,7-8,10,14H,1,4-6,9H2,2H3. The van der Waals surface area contributed by atoms with Crippen molar-refractivity contribution in [2.75, 3.05) is 6.61 Å². The topological polar surface area (TPSA) is 29.5 Å². The number of halogens is 3. The first kappa shape index (κ1) is 16.5. The molecular weight excluding hydrogens is 295 g/mol. The van der Waals surface area contributed by atoms with E-state index < -0.39 is 17.5 Å². The Labute approximate surface area is 127 Å². The summed E-state index contributed by atoms with van der Waals surface area (Å²) in [5, 5.41) is 0. The number of amides is 1. The summed E-state index contributed by atoms with van der Waals surface area (Å²) >= 11 is 0. The molecule has 2 rings (SSSR count). The fourth-order valence-electron chi connectivity index (χ4n) is 2.62. The fraction of sp³-hybridized carbons (Fsp3) is 0.438. The van der Waals surface area contributed by atoms with Crippen molar-refractivity contribution in [2.45, 2.75) is 38.5 Å². The van der Waals surface area contributed by atoms with E-state index in [1.165, 1.54) is 4.90 Å². The van der Waals surface area contributed by atoms with Gasteiger partial charge in [0, 0.05) is 13.2 Å². The molecular formula is C16H18F3NO2.